The van der Waals surface area contributed by atoms with Gasteiger partial charge >= 0.3 is 10.2 Å². The standard InChI is InChI=1S/C11H17FN4O3S/c1-3-16(4-2)20(18,19)15-8-5-6-10(12)9(7-8)11(13)14-17/h5-7,15,17H,3-4H2,1-2H3,(H2,13,14). The molecule has 1 aromatic rings. The summed E-state index contributed by atoms with van der Waals surface area (Å²) in [6.07, 6.45) is 0. The van der Waals surface area contributed by atoms with Gasteiger partial charge in [-0.25, -0.2) is 4.39 Å². The second kappa shape index (κ2) is 6.53. The summed E-state index contributed by atoms with van der Waals surface area (Å²) in [4.78, 5) is 0. The number of nitrogens with zero attached hydrogens (tertiary/aromatic N) is 2. The SMILES string of the molecule is CCN(CC)S(=O)(=O)Nc1ccc(F)c(C(N)=NO)c1. The van der Waals surface area contributed by atoms with Crippen LogP contribution < -0.4 is 10.5 Å². The average molecular weight is 304 g/mol. The predicted molar refractivity (Wildman–Crippen MR) is 74.4 cm³/mol. The molecule has 0 heterocycles. The molecule has 9 heteroatoms. The fraction of sp³-hybridized carbons (Fsp3) is 0.364. The van der Waals surface area contributed by atoms with Gasteiger partial charge < -0.3 is 10.9 Å². The van der Waals surface area contributed by atoms with Crippen molar-refractivity contribution < 1.29 is 18.0 Å². The van der Waals surface area contributed by atoms with Crippen molar-refractivity contribution in [1.29, 1.82) is 0 Å². The largest absolute Gasteiger partial charge is 0.409 e. The molecule has 4 N–H and O–H groups in total. The third kappa shape index (κ3) is 3.58. The van der Waals surface area contributed by atoms with Crippen molar-refractivity contribution in [2.45, 2.75) is 13.8 Å². The Hall–Kier alpha value is -1.87. The summed E-state index contributed by atoms with van der Waals surface area (Å²) in [5.74, 6) is -1.16. The van der Waals surface area contributed by atoms with Gasteiger partial charge in [-0.1, -0.05) is 19.0 Å². The molecule has 0 fully saturated rings. The molecule has 0 aliphatic heterocycles. The first-order chi connectivity index (χ1) is 9.35. The number of hydrogen-bond donors (Lipinski definition) is 3. The molecule has 0 unspecified atom stereocenters. The van der Waals surface area contributed by atoms with Gasteiger partial charge in [0.15, 0.2) is 5.84 Å². The van der Waals surface area contributed by atoms with E-state index in [9.17, 15) is 12.8 Å². The number of hydrogen-bond acceptors (Lipinski definition) is 4. The molecule has 0 bridgehead atoms. The molecular weight excluding hydrogens is 287 g/mol. The molecule has 20 heavy (non-hydrogen) atoms. The highest BCUT2D eigenvalue weighted by molar-refractivity contribution is 7.90. The van der Waals surface area contributed by atoms with Crippen molar-refractivity contribution >= 4 is 21.7 Å². The molecule has 0 aromatic heterocycles. The lowest BCUT2D eigenvalue weighted by molar-refractivity contribution is 0.318. The molecule has 1 aromatic carbocycles. The van der Waals surface area contributed by atoms with Crippen LogP contribution in [0, 0.1) is 5.82 Å². The zero-order chi connectivity index (χ0) is 15.3. The Morgan fingerprint density at radius 1 is 1.45 bits per heavy atom. The van der Waals surface area contributed by atoms with Crippen molar-refractivity contribution in [2.24, 2.45) is 10.9 Å². The number of anilines is 1. The highest BCUT2D eigenvalue weighted by Crippen LogP contribution is 2.17. The van der Waals surface area contributed by atoms with E-state index in [-0.39, 0.29) is 11.3 Å². The molecule has 0 aliphatic carbocycles. The molecular formula is C11H17FN4O3S. The Kier molecular flexibility index (Phi) is 5.28. The van der Waals surface area contributed by atoms with E-state index in [0.29, 0.717) is 13.1 Å². The minimum Gasteiger partial charge on any atom is -0.409 e. The average Bonchev–Trinajstić information content (AvgIpc) is 2.40. The first-order valence-corrected chi connectivity index (χ1v) is 7.35. The van der Waals surface area contributed by atoms with E-state index in [1.807, 2.05) is 0 Å². The molecule has 0 aliphatic rings. The fourth-order valence-electron chi connectivity index (χ4n) is 1.62. The van der Waals surface area contributed by atoms with E-state index < -0.39 is 21.9 Å². The second-order valence-electron chi connectivity index (χ2n) is 3.87. The van der Waals surface area contributed by atoms with Crippen LogP contribution in [0.2, 0.25) is 0 Å². The summed E-state index contributed by atoms with van der Waals surface area (Å²) in [6.45, 7) is 4.02. The first-order valence-electron chi connectivity index (χ1n) is 5.91. The van der Waals surface area contributed by atoms with Crippen LogP contribution >= 0.6 is 0 Å². The molecule has 0 spiro atoms. The molecule has 0 atom stereocenters. The Bertz CT molecular complexity index is 600. The smallest absolute Gasteiger partial charge is 0.301 e. The monoisotopic (exact) mass is 304 g/mol. The summed E-state index contributed by atoms with van der Waals surface area (Å²) >= 11 is 0. The Morgan fingerprint density at radius 2 is 2.05 bits per heavy atom. The highest BCUT2D eigenvalue weighted by atomic mass is 32.2. The molecule has 0 radical (unpaired) electrons. The van der Waals surface area contributed by atoms with Crippen LogP contribution in [-0.4, -0.2) is 36.9 Å². The van der Waals surface area contributed by atoms with Gasteiger partial charge in [-0.2, -0.15) is 12.7 Å². The summed E-state index contributed by atoms with van der Waals surface area (Å²) in [6, 6.07) is 3.45. The van der Waals surface area contributed by atoms with Gasteiger partial charge in [0.25, 0.3) is 0 Å². The topological polar surface area (TPSA) is 108 Å². The summed E-state index contributed by atoms with van der Waals surface area (Å²) in [5.41, 5.74) is 5.25. The molecule has 0 saturated heterocycles. The van der Waals surface area contributed by atoms with Gasteiger partial charge in [-0.3, -0.25) is 4.72 Å². The fourth-order valence-corrected chi connectivity index (χ4v) is 2.85. The van der Waals surface area contributed by atoms with Crippen molar-refractivity contribution in [3.05, 3.63) is 29.6 Å². The number of halogens is 1. The Balaban J connectivity index is 3.11. The van der Waals surface area contributed by atoms with Gasteiger partial charge in [0, 0.05) is 13.1 Å². The van der Waals surface area contributed by atoms with Gasteiger partial charge in [-0.15, -0.1) is 0 Å². The third-order valence-corrected chi connectivity index (χ3v) is 4.33. The minimum atomic E-state index is -3.72. The first kappa shape index (κ1) is 16.2. The number of rotatable bonds is 6. The van der Waals surface area contributed by atoms with Crippen LogP contribution in [0.4, 0.5) is 10.1 Å². The van der Waals surface area contributed by atoms with Crippen molar-refractivity contribution in [3.63, 3.8) is 0 Å². The number of nitrogens with two attached hydrogens (primary N) is 1. The van der Waals surface area contributed by atoms with Crippen LogP contribution in [0.15, 0.2) is 23.4 Å². The second-order valence-corrected chi connectivity index (χ2v) is 5.54. The molecule has 7 nitrogen and oxygen atoms in total. The van der Waals surface area contributed by atoms with Crippen molar-refractivity contribution in [1.82, 2.24) is 4.31 Å². The third-order valence-electron chi connectivity index (χ3n) is 2.64. The summed E-state index contributed by atoms with van der Waals surface area (Å²) < 4.78 is 41.0. The zero-order valence-corrected chi connectivity index (χ0v) is 12.0. The predicted octanol–water partition coefficient (Wildman–Crippen LogP) is 0.919. The number of oxime groups is 1. The van der Waals surface area contributed by atoms with E-state index in [1.54, 1.807) is 13.8 Å². The lowest BCUT2D eigenvalue weighted by atomic mass is 10.2. The number of amidine groups is 1. The number of nitrogens with one attached hydrogen (secondary N) is 1. The van der Waals surface area contributed by atoms with Gasteiger partial charge in [0.05, 0.1) is 11.3 Å². The van der Waals surface area contributed by atoms with Crippen molar-refractivity contribution in [2.75, 3.05) is 17.8 Å². The van der Waals surface area contributed by atoms with Gasteiger partial charge in [-0.05, 0) is 18.2 Å². The Morgan fingerprint density at radius 3 is 2.55 bits per heavy atom. The van der Waals surface area contributed by atoms with Gasteiger partial charge in [0.1, 0.15) is 5.82 Å². The molecule has 0 amide bonds. The lowest BCUT2D eigenvalue weighted by Gasteiger charge is -2.19. The lowest BCUT2D eigenvalue weighted by Crippen LogP contribution is -2.35. The zero-order valence-electron chi connectivity index (χ0n) is 11.2. The van der Waals surface area contributed by atoms with E-state index in [4.69, 9.17) is 10.9 Å². The maximum absolute atomic E-state index is 13.5. The minimum absolute atomic E-state index is 0.125. The van der Waals surface area contributed by atoms with E-state index in [2.05, 4.69) is 9.88 Å². The highest BCUT2D eigenvalue weighted by Gasteiger charge is 2.19. The van der Waals surface area contributed by atoms with Crippen LogP contribution in [0.5, 0.6) is 0 Å². The molecule has 1 rings (SSSR count). The van der Waals surface area contributed by atoms with Crippen LogP contribution in [0.1, 0.15) is 19.4 Å². The van der Waals surface area contributed by atoms with E-state index in [0.717, 1.165) is 12.1 Å². The number of benzene rings is 1. The molecule has 0 saturated carbocycles. The Labute approximate surface area is 117 Å². The maximum Gasteiger partial charge on any atom is 0.301 e. The van der Waals surface area contributed by atoms with E-state index >= 15 is 0 Å². The summed E-state index contributed by atoms with van der Waals surface area (Å²) in [7, 11) is -3.72. The molecule has 112 valence electrons. The van der Waals surface area contributed by atoms with Gasteiger partial charge in [0.2, 0.25) is 0 Å². The van der Waals surface area contributed by atoms with Crippen LogP contribution in [-0.2, 0) is 10.2 Å². The maximum atomic E-state index is 13.5. The van der Waals surface area contributed by atoms with Crippen LogP contribution in [0.3, 0.4) is 0 Å². The normalized spacial score (nSPS) is 12.7. The van der Waals surface area contributed by atoms with Crippen LogP contribution in [0.25, 0.3) is 0 Å². The van der Waals surface area contributed by atoms with E-state index in [1.165, 1.54) is 10.4 Å². The quantitative estimate of drug-likeness (QED) is 0.314. The summed E-state index contributed by atoms with van der Waals surface area (Å²) in [5, 5.41) is 11.2. The van der Waals surface area contributed by atoms with Crippen molar-refractivity contribution in [3.8, 4) is 0 Å².